The Morgan fingerprint density at radius 2 is 1.94 bits per heavy atom. The van der Waals surface area contributed by atoms with Crippen molar-refractivity contribution >= 4 is 21.5 Å². The Balaban J connectivity index is 2.49. The molecule has 1 atom stereocenters. The van der Waals surface area contributed by atoms with Crippen molar-refractivity contribution in [1.82, 2.24) is 4.90 Å². The number of rotatable bonds is 2. The van der Waals surface area contributed by atoms with Crippen LogP contribution in [0.4, 0.5) is 5.69 Å². The molecule has 0 amide bonds. The molecule has 1 aliphatic heterocycles. The number of likely N-dealkylation sites (N-methyl/N-ethyl adjacent to an activating group) is 1. The number of nitrogens with zero attached hydrogens (tertiary/aromatic N) is 2. The summed E-state index contributed by atoms with van der Waals surface area (Å²) in [5.41, 5.74) is 0.589. The van der Waals surface area contributed by atoms with Gasteiger partial charge in [0.25, 0.3) is 10.0 Å². The number of anilines is 1. The van der Waals surface area contributed by atoms with Gasteiger partial charge < -0.3 is 5.32 Å². The van der Waals surface area contributed by atoms with Crippen molar-refractivity contribution in [2.75, 3.05) is 19.4 Å². The van der Waals surface area contributed by atoms with E-state index in [-0.39, 0.29) is 10.9 Å². The summed E-state index contributed by atoms with van der Waals surface area (Å²) in [4.78, 5) is 2.13. The van der Waals surface area contributed by atoms with E-state index >= 15 is 0 Å². The largest absolute Gasteiger partial charge is 0.341 e. The van der Waals surface area contributed by atoms with Crippen LogP contribution in [0.3, 0.4) is 0 Å². The third-order valence-corrected chi connectivity index (χ3v) is 4.17. The van der Waals surface area contributed by atoms with E-state index in [0.717, 1.165) is 0 Å². The van der Waals surface area contributed by atoms with Gasteiger partial charge >= 0.3 is 0 Å². The molecule has 0 aromatic heterocycles. The molecule has 0 saturated heterocycles. The molecule has 0 bridgehead atoms. The Morgan fingerprint density at radius 1 is 1.29 bits per heavy atom. The fourth-order valence-electron chi connectivity index (χ4n) is 1.56. The van der Waals surface area contributed by atoms with Crippen LogP contribution in [0.1, 0.15) is 6.92 Å². The zero-order valence-corrected chi connectivity index (χ0v) is 10.8. The molecule has 17 heavy (non-hydrogen) atoms. The normalized spacial score (nSPS) is 19.2. The molecule has 1 heterocycles. The summed E-state index contributed by atoms with van der Waals surface area (Å²) in [7, 11) is 0.183. The van der Waals surface area contributed by atoms with E-state index in [9.17, 15) is 8.42 Å². The molecular formula is C11H15N3O2S. The first-order chi connectivity index (χ1) is 7.92. The monoisotopic (exact) mass is 253 g/mol. The van der Waals surface area contributed by atoms with E-state index < -0.39 is 10.0 Å². The maximum atomic E-state index is 12.0. The average Bonchev–Trinajstić information content (AvgIpc) is 2.27. The Bertz CT molecular complexity index is 564. The first-order valence-electron chi connectivity index (χ1n) is 5.29. The number of nitrogens with one attached hydrogen (secondary N) is 1. The predicted octanol–water partition coefficient (Wildman–Crippen LogP) is 1.15. The van der Waals surface area contributed by atoms with Gasteiger partial charge in [0.15, 0.2) is 0 Å². The second-order valence-electron chi connectivity index (χ2n) is 4.21. The molecule has 1 aliphatic rings. The molecule has 0 radical (unpaired) electrons. The van der Waals surface area contributed by atoms with Gasteiger partial charge in [-0.15, -0.1) is 4.40 Å². The third kappa shape index (κ3) is 2.18. The first-order valence-corrected chi connectivity index (χ1v) is 6.73. The van der Waals surface area contributed by atoms with Crippen LogP contribution in [0.15, 0.2) is 33.6 Å². The molecule has 5 nitrogen and oxygen atoms in total. The highest BCUT2D eigenvalue weighted by Gasteiger charge is 2.27. The van der Waals surface area contributed by atoms with Crippen molar-refractivity contribution in [3.63, 3.8) is 0 Å². The number of hydrogen-bond acceptors (Lipinski definition) is 4. The van der Waals surface area contributed by atoms with E-state index in [1.54, 1.807) is 24.3 Å². The van der Waals surface area contributed by atoms with E-state index in [1.165, 1.54) is 0 Å². The van der Waals surface area contributed by atoms with Crippen molar-refractivity contribution in [3.05, 3.63) is 24.3 Å². The van der Waals surface area contributed by atoms with E-state index in [2.05, 4.69) is 9.71 Å². The van der Waals surface area contributed by atoms with E-state index in [4.69, 9.17) is 0 Å². The van der Waals surface area contributed by atoms with Crippen LogP contribution in [-0.4, -0.2) is 39.3 Å². The predicted molar refractivity (Wildman–Crippen MR) is 67.8 cm³/mol. The molecule has 1 aromatic rings. The molecule has 0 fully saturated rings. The zero-order chi connectivity index (χ0) is 12.6. The smallest absolute Gasteiger partial charge is 0.286 e. The van der Waals surface area contributed by atoms with Gasteiger partial charge in [-0.25, -0.2) is 0 Å². The van der Waals surface area contributed by atoms with Gasteiger partial charge in [0.05, 0.1) is 11.7 Å². The Morgan fingerprint density at radius 3 is 2.59 bits per heavy atom. The maximum absolute atomic E-state index is 12.0. The molecule has 0 spiro atoms. The van der Waals surface area contributed by atoms with Crippen LogP contribution in [0.25, 0.3) is 0 Å². The third-order valence-electron chi connectivity index (χ3n) is 2.82. The molecule has 2 rings (SSSR count). The number of hydrogen-bond donors (Lipinski definition) is 1. The topological polar surface area (TPSA) is 61.8 Å². The van der Waals surface area contributed by atoms with Gasteiger partial charge in [-0.1, -0.05) is 12.1 Å². The van der Waals surface area contributed by atoms with Gasteiger partial charge in [-0.05, 0) is 33.2 Å². The minimum Gasteiger partial charge on any atom is -0.341 e. The second kappa shape index (κ2) is 4.12. The molecule has 1 unspecified atom stereocenters. The molecule has 1 aromatic carbocycles. The number of sulfonamides is 1. The number of fused-ring (bicyclic) bond motifs is 1. The standard InChI is InChI=1S/C11H15N3O2S/c1-8(14(2)3)11-12-9-6-4-5-7-10(9)17(15,16)13-11/h4-8H,1-3H3,(H,12,13). The number of para-hydroxylation sites is 1. The van der Waals surface area contributed by atoms with E-state index in [0.29, 0.717) is 11.5 Å². The lowest BCUT2D eigenvalue weighted by molar-refractivity contribution is 0.381. The lowest BCUT2D eigenvalue weighted by atomic mass is 10.2. The van der Waals surface area contributed by atoms with Crippen molar-refractivity contribution in [3.8, 4) is 0 Å². The van der Waals surface area contributed by atoms with Gasteiger partial charge in [-0.2, -0.15) is 8.42 Å². The fraction of sp³-hybridized carbons (Fsp3) is 0.364. The Labute approximate surface area is 101 Å². The van der Waals surface area contributed by atoms with Crippen molar-refractivity contribution in [2.24, 2.45) is 4.40 Å². The number of amidine groups is 1. The Hall–Kier alpha value is -1.40. The summed E-state index contributed by atoms with van der Waals surface area (Å²) in [5, 5.41) is 3.06. The highest BCUT2D eigenvalue weighted by Crippen LogP contribution is 2.27. The molecule has 92 valence electrons. The van der Waals surface area contributed by atoms with Crippen molar-refractivity contribution < 1.29 is 8.42 Å². The summed E-state index contributed by atoms with van der Waals surface area (Å²) in [6.07, 6.45) is 0. The minimum absolute atomic E-state index is 0.0851. The van der Waals surface area contributed by atoms with Crippen LogP contribution in [-0.2, 0) is 10.0 Å². The summed E-state index contributed by atoms with van der Waals surface area (Å²) in [6.45, 7) is 1.90. The van der Waals surface area contributed by atoms with Crippen molar-refractivity contribution in [2.45, 2.75) is 17.9 Å². The number of benzene rings is 1. The van der Waals surface area contributed by atoms with Gasteiger partial charge in [0.1, 0.15) is 10.7 Å². The summed E-state index contributed by atoms with van der Waals surface area (Å²) >= 11 is 0. The summed E-state index contributed by atoms with van der Waals surface area (Å²) in [6, 6.07) is 6.69. The summed E-state index contributed by atoms with van der Waals surface area (Å²) < 4.78 is 27.7. The van der Waals surface area contributed by atoms with E-state index in [1.807, 2.05) is 25.9 Å². The summed E-state index contributed by atoms with van der Waals surface area (Å²) in [5.74, 6) is 0.453. The van der Waals surface area contributed by atoms with Gasteiger partial charge in [0.2, 0.25) is 0 Å². The lowest BCUT2D eigenvalue weighted by Crippen LogP contribution is -2.39. The van der Waals surface area contributed by atoms with Crippen LogP contribution < -0.4 is 5.32 Å². The lowest BCUT2D eigenvalue weighted by Gasteiger charge is -2.26. The maximum Gasteiger partial charge on any atom is 0.286 e. The van der Waals surface area contributed by atoms with Crippen LogP contribution >= 0.6 is 0 Å². The molecular weight excluding hydrogens is 238 g/mol. The van der Waals surface area contributed by atoms with Crippen LogP contribution in [0, 0.1) is 0 Å². The second-order valence-corrected chi connectivity index (χ2v) is 5.78. The Kier molecular flexibility index (Phi) is 2.92. The van der Waals surface area contributed by atoms with Gasteiger partial charge in [-0.3, -0.25) is 4.90 Å². The fourth-order valence-corrected chi connectivity index (χ4v) is 2.76. The average molecular weight is 253 g/mol. The molecule has 0 saturated carbocycles. The molecule has 6 heteroatoms. The van der Waals surface area contributed by atoms with Crippen molar-refractivity contribution in [1.29, 1.82) is 0 Å². The SMILES string of the molecule is CC(C1=NS(=O)(=O)c2ccccc2N1)N(C)C. The highest BCUT2D eigenvalue weighted by molar-refractivity contribution is 7.90. The highest BCUT2D eigenvalue weighted by atomic mass is 32.2. The van der Waals surface area contributed by atoms with Crippen LogP contribution in [0.2, 0.25) is 0 Å². The molecule has 1 N–H and O–H groups in total. The first kappa shape index (κ1) is 12.1. The minimum atomic E-state index is -3.57. The van der Waals surface area contributed by atoms with Gasteiger partial charge in [0, 0.05) is 0 Å². The molecule has 0 aliphatic carbocycles. The zero-order valence-electron chi connectivity index (χ0n) is 10.0. The van der Waals surface area contributed by atoms with Crippen LogP contribution in [0.5, 0.6) is 0 Å². The quantitative estimate of drug-likeness (QED) is 0.859.